The number of benzene rings is 1. The van der Waals surface area contributed by atoms with Crippen molar-refractivity contribution in [2.45, 2.75) is 26.8 Å². The van der Waals surface area contributed by atoms with Gasteiger partial charge in [-0.3, -0.25) is 9.69 Å². The highest BCUT2D eigenvalue weighted by Crippen LogP contribution is 2.14. The Balaban J connectivity index is 0.000000487. The maximum absolute atomic E-state index is 12.0. The molecule has 2 rings (SSSR count). The van der Waals surface area contributed by atoms with E-state index < -0.39 is 11.9 Å². The van der Waals surface area contributed by atoms with Crippen molar-refractivity contribution in [2.75, 3.05) is 26.2 Å². The van der Waals surface area contributed by atoms with Crippen molar-refractivity contribution < 1.29 is 24.6 Å². The van der Waals surface area contributed by atoms with Crippen LogP contribution in [0, 0.1) is 5.92 Å². The highest BCUT2D eigenvalue weighted by atomic mass is 79.9. The normalized spacial score (nSPS) is 14.5. The molecule has 0 aromatic heterocycles. The Morgan fingerprint density at radius 2 is 1.50 bits per heavy atom. The summed E-state index contributed by atoms with van der Waals surface area (Å²) < 4.78 is 1.12. The second kappa shape index (κ2) is 10.9. The van der Waals surface area contributed by atoms with E-state index in [1.807, 2.05) is 4.90 Å². The van der Waals surface area contributed by atoms with Gasteiger partial charge in [0, 0.05) is 43.6 Å². The first kappa shape index (κ1) is 22.1. The van der Waals surface area contributed by atoms with E-state index in [4.69, 9.17) is 19.8 Å². The summed E-state index contributed by atoms with van der Waals surface area (Å²) in [6.07, 6.45) is 0.673. The van der Waals surface area contributed by atoms with Crippen molar-refractivity contribution in [2.24, 2.45) is 5.92 Å². The van der Waals surface area contributed by atoms with E-state index in [1.54, 1.807) is 0 Å². The second-order valence-electron chi connectivity index (χ2n) is 6.49. The minimum Gasteiger partial charge on any atom is -0.473 e. The zero-order chi connectivity index (χ0) is 19.7. The largest absolute Gasteiger partial charge is 0.473 e. The average Bonchev–Trinajstić information content (AvgIpc) is 2.57. The fraction of sp³-hybridized carbons (Fsp3) is 0.500. The lowest BCUT2D eigenvalue weighted by atomic mass is 10.1. The van der Waals surface area contributed by atoms with E-state index in [0.29, 0.717) is 18.2 Å². The third-order valence-corrected chi connectivity index (χ3v) is 4.34. The van der Waals surface area contributed by atoms with Gasteiger partial charge in [0.25, 0.3) is 0 Å². The van der Waals surface area contributed by atoms with E-state index in [1.165, 1.54) is 5.56 Å². The van der Waals surface area contributed by atoms with Gasteiger partial charge in [0.15, 0.2) is 0 Å². The van der Waals surface area contributed by atoms with E-state index in [0.717, 1.165) is 37.2 Å². The Morgan fingerprint density at radius 1 is 1.00 bits per heavy atom. The first-order valence-corrected chi connectivity index (χ1v) is 9.19. The van der Waals surface area contributed by atoms with Gasteiger partial charge in [-0.15, -0.1) is 0 Å². The zero-order valence-corrected chi connectivity index (χ0v) is 16.6. The molecule has 2 N–H and O–H groups in total. The molecule has 1 amide bonds. The molecule has 144 valence electrons. The van der Waals surface area contributed by atoms with Gasteiger partial charge in [0.1, 0.15) is 0 Å². The Kier molecular flexibility index (Phi) is 9.29. The third kappa shape index (κ3) is 8.44. The minimum absolute atomic E-state index is 0.309. The fourth-order valence-electron chi connectivity index (χ4n) is 2.48. The van der Waals surface area contributed by atoms with Crippen LogP contribution in [0.25, 0.3) is 0 Å². The number of carboxylic acids is 2. The molecule has 1 heterocycles. The number of hydrogen-bond donors (Lipinski definition) is 2. The topological polar surface area (TPSA) is 98.2 Å². The predicted octanol–water partition coefficient (Wildman–Crippen LogP) is 2.29. The number of carbonyl (C=O) groups is 3. The van der Waals surface area contributed by atoms with E-state index in [2.05, 4.69) is 58.9 Å². The van der Waals surface area contributed by atoms with Crippen LogP contribution in [0.4, 0.5) is 0 Å². The number of carboxylic acid groups (broad SMARTS) is 2. The molecule has 1 saturated heterocycles. The number of rotatable bonds is 4. The van der Waals surface area contributed by atoms with Crippen LogP contribution in [-0.4, -0.2) is 64.0 Å². The highest BCUT2D eigenvalue weighted by Gasteiger charge is 2.21. The maximum atomic E-state index is 12.0. The van der Waals surface area contributed by atoms with Crippen LogP contribution in [0.15, 0.2) is 28.7 Å². The molecular formula is C18H25BrN2O5. The first-order valence-electron chi connectivity index (χ1n) is 8.39. The summed E-state index contributed by atoms with van der Waals surface area (Å²) in [5.41, 5.74) is 1.33. The third-order valence-electron chi connectivity index (χ3n) is 3.81. The summed E-state index contributed by atoms with van der Waals surface area (Å²) in [6.45, 7) is 8.84. The number of aliphatic carboxylic acids is 2. The van der Waals surface area contributed by atoms with E-state index in [9.17, 15) is 4.79 Å². The quantitative estimate of drug-likeness (QED) is 0.713. The number of hydrogen-bond acceptors (Lipinski definition) is 4. The van der Waals surface area contributed by atoms with Crippen molar-refractivity contribution >= 4 is 33.8 Å². The molecule has 1 aliphatic heterocycles. The number of nitrogens with zero attached hydrogens (tertiary/aromatic N) is 2. The van der Waals surface area contributed by atoms with Crippen molar-refractivity contribution in [3.63, 3.8) is 0 Å². The molecule has 0 spiro atoms. The van der Waals surface area contributed by atoms with Crippen LogP contribution in [0.1, 0.15) is 25.8 Å². The Hall–Kier alpha value is -1.93. The summed E-state index contributed by atoms with van der Waals surface area (Å²) >= 11 is 3.46. The van der Waals surface area contributed by atoms with Gasteiger partial charge in [0.2, 0.25) is 5.91 Å². The molecule has 0 saturated carbocycles. The number of carbonyl (C=O) groups excluding carboxylic acids is 1. The molecule has 0 aliphatic carbocycles. The molecule has 1 aliphatic rings. The lowest BCUT2D eigenvalue weighted by Gasteiger charge is -2.35. The molecule has 0 radical (unpaired) electrons. The van der Waals surface area contributed by atoms with Crippen LogP contribution in [-0.2, 0) is 20.9 Å². The molecule has 1 aromatic rings. The van der Waals surface area contributed by atoms with Gasteiger partial charge in [0.05, 0.1) is 0 Å². The van der Waals surface area contributed by atoms with Crippen LogP contribution in [0.5, 0.6) is 0 Å². The van der Waals surface area contributed by atoms with E-state index >= 15 is 0 Å². The van der Waals surface area contributed by atoms with E-state index in [-0.39, 0.29) is 0 Å². The van der Waals surface area contributed by atoms with Crippen LogP contribution < -0.4 is 0 Å². The lowest BCUT2D eigenvalue weighted by molar-refractivity contribution is -0.159. The molecule has 7 nitrogen and oxygen atoms in total. The second-order valence-corrected chi connectivity index (χ2v) is 7.41. The molecule has 1 fully saturated rings. The SMILES string of the molecule is CC(C)CC(=O)N1CCN(Cc2ccc(Br)cc2)CC1.O=C(O)C(=O)O. The molecule has 26 heavy (non-hydrogen) atoms. The fourth-order valence-corrected chi connectivity index (χ4v) is 2.75. The number of amides is 1. The first-order chi connectivity index (χ1) is 12.2. The van der Waals surface area contributed by atoms with Crippen molar-refractivity contribution in [1.29, 1.82) is 0 Å². The average molecular weight is 429 g/mol. The summed E-state index contributed by atoms with van der Waals surface area (Å²) in [6, 6.07) is 8.47. The lowest BCUT2D eigenvalue weighted by Crippen LogP contribution is -2.48. The van der Waals surface area contributed by atoms with Gasteiger partial charge in [-0.1, -0.05) is 41.9 Å². The summed E-state index contributed by atoms with van der Waals surface area (Å²) in [5.74, 6) is -2.89. The molecule has 0 bridgehead atoms. The van der Waals surface area contributed by atoms with Crippen molar-refractivity contribution in [1.82, 2.24) is 9.80 Å². The molecule has 1 aromatic carbocycles. The Labute approximate surface area is 161 Å². The molecule has 0 unspecified atom stereocenters. The Bertz CT molecular complexity index is 599. The van der Waals surface area contributed by atoms with Gasteiger partial charge in [-0.2, -0.15) is 0 Å². The van der Waals surface area contributed by atoms with Crippen LogP contribution >= 0.6 is 15.9 Å². The smallest absolute Gasteiger partial charge is 0.414 e. The number of halogens is 1. The molecule has 8 heteroatoms. The Morgan fingerprint density at radius 3 is 1.92 bits per heavy atom. The monoisotopic (exact) mass is 428 g/mol. The number of piperazine rings is 1. The molecule has 0 atom stereocenters. The predicted molar refractivity (Wildman–Crippen MR) is 101 cm³/mol. The minimum atomic E-state index is -1.82. The van der Waals surface area contributed by atoms with Gasteiger partial charge >= 0.3 is 11.9 Å². The van der Waals surface area contributed by atoms with Crippen molar-refractivity contribution in [3.8, 4) is 0 Å². The zero-order valence-electron chi connectivity index (χ0n) is 15.0. The van der Waals surface area contributed by atoms with Gasteiger partial charge in [-0.25, -0.2) is 9.59 Å². The van der Waals surface area contributed by atoms with Crippen LogP contribution in [0.3, 0.4) is 0 Å². The standard InChI is InChI=1S/C16H23BrN2O.C2H2O4/c1-13(2)11-16(20)19-9-7-18(8-10-19)12-14-3-5-15(17)6-4-14;3-1(4)2(5)6/h3-6,13H,7-12H2,1-2H3;(H,3,4)(H,5,6). The van der Waals surface area contributed by atoms with Gasteiger partial charge < -0.3 is 15.1 Å². The summed E-state index contributed by atoms with van der Waals surface area (Å²) in [5, 5.41) is 14.8. The van der Waals surface area contributed by atoms with Crippen LogP contribution in [0.2, 0.25) is 0 Å². The van der Waals surface area contributed by atoms with Gasteiger partial charge in [-0.05, 0) is 23.6 Å². The highest BCUT2D eigenvalue weighted by molar-refractivity contribution is 9.10. The molecular weight excluding hydrogens is 404 g/mol. The van der Waals surface area contributed by atoms with Crippen molar-refractivity contribution in [3.05, 3.63) is 34.3 Å². The summed E-state index contributed by atoms with van der Waals surface area (Å²) in [7, 11) is 0. The maximum Gasteiger partial charge on any atom is 0.414 e. The summed E-state index contributed by atoms with van der Waals surface area (Å²) in [4.78, 5) is 34.6.